The molecule has 0 amide bonds. The van der Waals surface area contributed by atoms with E-state index in [1.54, 1.807) is 5.57 Å². The van der Waals surface area contributed by atoms with Crippen LogP contribution in [0.4, 0.5) is 0 Å². The molecule has 1 nitrogen and oxygen atoms in total. The molecular formula is C28H44O. The van der Waals surface area contributed by atoms with Crippen LogP contribution in [0.1, 0.15) is 86.5 Å². The largest absolute Gasteiger partial charge is 0.393 e. The van der Waals surface area contributed by atoms with Crippen molar-refractivity contribution >= 4 is 0 Å². The second kappa shape index (κ2) is 7.70. The molecule has 4 aliphatic carbocycles. The summed E-state index contributed by atoms with van der Waals surface area (Å²) in [6.45, 7) is 14.6. The predicted octanol–water partition coefficient (Wildman–Crippen LogP) is 7.33. The molecule has 8 atom stereocenters. The van der Waals surface area contributed by atoms with Crippen LogP contribution in [0.3, 0.4) is 0 Å². The first-order chi connectivity index (χ1) is 13.7. The Balaban J connectivity index is 1.57. The fourth-order valence-electron chi connectivity index (χ4n) is 7.59. The summed E-state index contributed by atoms with van der Waals surface area (Å²) in [4.78, 5) is 0. The van der Waals surface area contributed by atoms with Gasteiger partial charge in [-0.25, -0.2) is 0 Å². The first-order valence-corrected chi connectivity index (χ1v) is 12.4. The third-order valence-corrected chi connectivity index (χ3v) is 10.0. The van der Waals surface area contributed by atoms with Crippen LogP contribution in [0.5, 0.6) is 0 Å². The normalized spacial score (nSPS) is 44.0. The molecule has 1 N–H and O–H groups in total. The van der Waals surface area contributed by atoms with Gasteiger partial charge in [0.1, 0.15) is 0 Å². The van der Waals surface area contributed by atoms with Gasteiger partial charge >= 0.3 is 0 Å². The van der Waals surface area contributed by atoms with Gasteiger partial charge in [0.2, 0.25) is 0 Å². The molecule has 0 radical (unpaired) electrons. The summed E-state index contributed by atoms with van der Waals surface area (Å²) in [7, 11) is 0. The minimum absolute atomic E-state index is 0.116. The van der Waals surface area contributed by atoms with Crippen LogP contribution in [-0.4, -0.2) is 11.2 Å². The zero-order valence-corrected chi connectivity index (χ0v) is 19.7. The molecule has 0 unspecified atom stereocenters. The standard InChI is InChI=1S/C28H44O/c1-18(2)19(3)7-8-20(4)24-11-12-25-23-10-9-21-17-22(29)13-15-27(21,5)26(23)14-16-28(24,25)6/h7-10,18-20,22,24-26,29H,11-17H2,1-6H3/b8-7+/t19-,20-,22+,24+,25+,26-,27+,28+/m1/s1. The minimum Gasteiger partial charge on any atom is -0.393 e. The van der Waals surface area contributed by atoms with E-state index in [0.717, 1.165) is 36.5 Å². The zero-order valence-electron chi connectivity index (χ0n) is 19.7. The molecule has 0 spiro atoms. The molecule has 1 heteroatoms. The molecular weight excluding hydrogens is 352 g/mol. The van der Waals surface area contributed by atoms with Gasteiger partial charge in [-0.15, -0.1) is 0 Å². The van der Waals surface area contributed by atoms with Crippen LogP contribution >= 0.6 is 0 Å². The highest BCUT2D eigenvalue weighted by atomic mass is 16.3. The fraction of sp³-hybridized carbons (Fsp3) is 0.786. The zero-order chi connectivity index (χ0) is 21.0. The van der Waals surface area contributed by atoms with Crippen molar-refractivity contribution in [1.29, 1.82) is 0 Å². The molecule has 3 saturated carbocycles. The Morgan fingerprint density at radius 3 is 2.41 bits per heavy atom. The van der Waals surface area contributed by atoms with Gasteiger partial charge in [-0.1, -0.05) is 77.0 Å². The number of aliphatic hydroxyl groups is 1. The first-order valence-electron chi connectivity index (χ1n) is 12.4. The Kier molecular flexibility index (Phi) is 5.69. The van der Waals surface area contributed by atoms with E-state index in [9.17, 15) is 5.11 Å². The number of allylic oxidation sites excluding steroid dienone is 5. The van der Waals surface area contributed by atoms with Gasteiger partial charge in [-0.3, -0.25) is 0 Å². The Morgan fingerprint density at radius 1 is 0.931 bits per heavy atom. The molecule has 0 aromatic carbocycles. The van der Waals surface area contributed by atoms with E-state index in [2.05, 4.69) is 65.8 Å². The van der Waals surface area contributed by atoms with E-state index in [-0.39, 0.29) is 6.10 Å². The topological polar surface area (TPSA) is 20.2 Å². The molecule has 4 rings (SSSR count). The molecule has 162 valence electrons. The maximum absolute atomic E-state index is 10.2. The van der Waals surface area contributed by atoms with E-state index < -0.39 is 0 Å². The van der Waals surface area contributed by atoms with Gasteiger partial charge < -0.3 is 5.11 Å². The van der Waals surface area contributed by atoms with Crippen LogP contribution < -0.4 is 0 Å². The Hall–Kier alpha value is -0.820. The van der Waals surface area contributed by atoms with Crippen LogP contribution in [0.15, 0.2) is 35.5 Å². The molecule has 4 aliphatic rings. The summed E-state index contributed by atoms with van der Waals surface area (Å²) in [5.41, 5.74) is 4.07. The van der Waals surface area contributed by atoms with Crippen molar-refractivity contribution in [3.63, 3.8) is 0 Å². The second-order valence-corrected chi connectivity index (χ2v) is 11.9. The van der Waals surface area contributed by atoms with Crippen molar-refractivity contribution in [1.82, 2.24) is 0 Å². The van der Waals surface area contributed by atoms with Crippen molar-refractivity contribution < 1.29 is 5.11 Å². The second-order valence-electron chi connectivity index (χ2n) is 11.9. The lowest BCUT2D eigenvalue weighted by molar-refractivity contribution is 0.0382. The van der Waals surface area contributed by atoms with Crippen molar-refractivity contribution in [2.24, 2.45) is 46.3 Å². The fourth-order valence-corrected chi connectivity index (χ4v) is 7.59. The highest BCUT2D eigenvalue weighted by Gasteiger charge is 2.56. The molecule has 0 bridgehead atoms. The molecule has 0 aromatic heterocycles. The smallest absolute Gasteiger partial charge is 0.0578 e. The van der Waals surface area contributed by atoms with E-state index in [1.165, 1.54) is 37.7 Å². The van der Waals surface area contributed by atoms with Gasteiger partial charge in [-0.05, 0) is 91.3 Å². The summed E-state index contributed by atoms with van der Waals surface area (Å²) in [6.07, 6.45) is 18.4. The maximum atomic E-state index is 10.2. The quantitative estimate of drug-likeness (QED) is 0.493. The van der Waals surface area contributed by atoms with E-state index in [0.29, 0.717) is 22.7 Å². The van der Waals surface area contributed by atoms with Gasteiger partial charge in [0, 0.05) is 0 Å². The average Bonchev–Trinajstić information content (AvgIpc) is 3.03. The average molecular weight is 397 g/mol. The van der Waals surface area contributed by atoms with Crippen molar-refractivity contribution in [3.8, 4) is 0 Å². The summed E-state index contributed by atoms with van der Waals surface area (Å²) in [5.74, 6) is 4.38. The van der Waals surface area contributed by atoms with Crippen LogP contribution in [0, 0.1) is 46.3 Å². The van der Waals surface area contributed by atoms with Crippen molar-refractivity contribution in [2.75, 3.05) is 0 Å². The lowest BCUT2D eigenvalue weighted by atomic mass is 9.50. The highest BCUT2D eigenvalue weighted by Crippen LogP contribution is 2.65. The Bertz CT molecular complexity index is 712. The summed E-state index contributed by atoms with van der Waals surface area (Å²) in [6, 6.07) is 0. The summed E-state index contributed by atoms with van der Waals surface area (Å²) >= 11 is 0. The highest BCUT2D eigenvalue weighted by molar-refractivity contribution is 5.39. The molecule has 29 heavy (non-hydrogen) atoms. The minimum atomic E-state index is -0.116. The SMILES string of the molecule is CC(C)[C@H](C)/C=C/[C@@H](C)[C@@H]1CC[C@H]2C3=CC=C4C[C@@H](O)CC[C@]4(C)[C@@H]3CC[C@]21C. The van der Waals surface area contributed by atoms with E-state index in [4.69, 9.17) is 0 Å². The van der Waals surface area contributed by atoms with Gasteiger partial charge in [0.25, 0.3) is 0 Å². The van der Waals surface area contributed by atoms with Crippen LogP contribution in [-0.2, 0) is 0 Å². The van der Waals surface area contributed by atoms with E-state index >= 15 is 0 Å². The lowest BCUT2D eigenvalue weighted by Crippen LogP contribution is -2.46. The van der Waals surface area contributed by atoms with E-state index in [1.807, 2.05) is 0 Å². The maximum Gasteiger partial charge on any atom is 0.0578 e. The number of hydrogen-bond acceptors (Lipinski definition) is 1. The lowest BCUT2D eigenvalue weighted by Gasteiger charge is -2.55. The third-order valence-electron chi connectivity index (χ3n) is 10.0. The molecule has 0 aliphatic heterocycles. The Morgan fingerprint density at radius 2 is 1.69 bits per heavy atom. The van der Waals surface area contributed by atoms with Gasteiger partial charge in [-0.2, -0.15) is 0 Å². The molecule has 3 fully saturated rings. The number of aliphatic hydroxyl groups excluding tert-OH is 1. The monoisotopic (exact) mass is 396 g/mol. The number of rotatable bonds is 4. The summed E-state index contributed by atoms with van der Waals surface area (Å²) < 4.78 is 0. The Labute approximate surface area is 179 Å². The van der Waals surface area contributed by atoms with Crippen molar-refractivity contribution in [3.05, 3.63) is 35.5 Å². The number of fused-ring (bicyclic) bond motifs is 5. The summed E-state index contributed by atoms with van der Waals surface area (Å²) in [5, 5.41) is 10.2. The third kappa shape index (κ3) is 3.50. The number of hydrogen-bond donors (Lipinski definition) is 1. The van der Waals surface area contributed by atoms with Crippen LogP contribution in [0.2, 0.25) is 0 Å². The molecule has 0 saturated heterocycles. The van der Waals surface area contributed by atoms with Crippen molar-refractivity contribution in [2.45, 2.75) is 92.6 Å². The molecule has 0 aromatic rings. The first kappa shape index (κ1) is 21.4. The van der Waals surface area contributed by atoms with Crippen LogP contribution in [0.25, 0.3) is 0 Å². The van der Waals surface area contributed by atoms with Gasteiger partial charge in [0.15, 0.2) is 0 Å². The predicted molar refractivity (Wildman–Crippen MR) is 123 cm³/mol. The van der Waals surface area contributed by atoms with Gasteiger partial charge in [0.05, 0.1) is 6.10 Å². The molecule has 0 heterocycles.